The van der Waals surface area contributed by atoms with Gasteiger partial charge in [0, 0.05) is 5.39 Å². The van der Waals surface area contributed by atoms with E-state index in [1.54, 1.807) is 18.2 Å². The normalized spacial score (nSPS) is 15.3. The van der Waals surface area contributed by atoms with Crippen molar-refractivity contribution in [1.82, 2.24) is 5.32 Å². The fourth-order valence-electron chi connectivity index (χ4n) is 2.02. The van der Waals surface area contributed by atoms with Crippen LogP contribution in [0.2, 0.25) is 0 Å². The van der Waals surface area contributed by atoms with Gasteiger partial charge in [0.15, 0.2) is 0 Å². The molecule has 1 saturated heterocycles. The molecule has 0 spiro atoms. The molecule has 0 atom stereocenters. The summed E-state index contributed by atoms with van der Waals surface area (Å²) in [5.74, 6) is -1.75. The zero-order chi connectivity index (χ0) is 12.7. The highest BCUT2D eigenvalue weighted by atomic mass is 16.2. The lowest BCUT2D eigenvalue weighted by Gasteiger charge is -2.13. The van der Waals surface area contributed by atoms with Gasteiger partial charge in [-0.05, 0) is 11.5 Å². The molecule has 18 heavy (non-hydrogen) atoms. The number of hydrogen-bond donors (Lipinski definition) is 1. The van der Waals surface area contributed by atoms with Gasteiger partial charge < -0.3 is 0 Å². The van der Waals surface area contributed by atoms with E-state index in [4.69, 9.17) is 0 Å². The maximum absolute atomic E-state index is 11.7. The molecule has 1 fully saturated rings. The molecule has 2 aromatic carbocycles. The molecular weight excluding hydrogens is 232 g/mol. The largest absolute Gasteiger partial charge is 0.336 e. The van der Waals surface area contributed by atoms with E-state index in [1.165, 1.54) is 0 Å². The van der Waals surface area contributed by atoms with Crippen LogP contribution in [0.3, 0.4) is 0 Å². The van der Waals surface area contributed by atoms with Crippen LogP contribution in [0.15, 0.2) is 42.5 Å². The van der Waals surface area contributed by atoms with Crippen molar-refractivity contribution in [1.29, 1.82) is 0 Å². The second-order valence-corrected chi connectivity index (χ2v) is 3.90. The molecule has 1 N–H and O–H groups in total. The minimum absolute atomic E-state index is 0.418. The van der Waals surface area contributed by atoms with Gasteiger partial charge >= 0.3 is 17.8 Å². The van der Waals surface area contributed by atoms with Crippen LogP contribution in [0.25, 0.3) is 10.8 Å². The Bertz CT molecular complexity index is 688. The first-order chi connectivity index (χ1) is 8.68. The van der Waals surface area contributed by atoms with Crippen molar-refractivity contribution in [3.05, 3.63) is 42.5 Å². The summed E-state index contributed by atoms with van der Waals surface area (Å²) in [5, 5.41) is 3.62. The molecule has 3 rings (SSSR count). The first kappa shape index (κ1) is 10.5. The molecule has 5 nitrogen and oxygen atoms in total. The van der Waals surface area contributed by atoms with Crippen molar-refractivity contribution in [3.63, 3.8) is 0 Å². The van der Waals surface area contributed by atoms with Crippen LogP contribution in [0.1, 0.15) is 0 Å². The number of amides is 4. The van der Waals surface area contributed by atoms with Crippen LogP contribution in [0.4, 0.5) is 10.5 Å². The molecule has 4 amide bonds. The van der Waals surface area contributed by atoms with E-state index in [-0.39, 0.29) is 0 Å². The monoisotopic (exact) mass is 240 g/mol. The van der Waals surface area contributed by atoms with E-state index in [1.807, 2.05) is 29.6 Å². The summed E-state index contributed by atoms with van der Waals surface area (Å²) in [7, 11) is 0. The average molecular weight is 240 g/mol. The Morgan fingerprint density at radius 3 is 2.33 bits per heavy atom. The van der Waals surface area contributed by atoms with E-state index in [2.05, 4.69) is 0 Å². The molecule has 0 aromatic heterocycles. The van der Waals surface area contributed by atoms with Crippen molar-refractivity contribution < 1.29 is 14.4 Å². The lowest BCUT2D eigenvalue weighted by atomic mass is 10.1. The molecule has 0 bridgehead atoms. The molecular formula is C13H8N2O3. The molecule has 1 aliphatic rings. The summed E-state index contributed by atoms with van der Waals surface area (Å²) in [6.07, 6.45) is 0. The molecule has 0 saturated carbocycles. The van der Waals surface area contributed by atoms with Crippen LogP contribution in [-0.4, -0.2) is 17.8 Å². The van der Waals surface area contributed by atoms with Gasteiger partial charge in [0.2, 0.25) is 0 Å². The van der Waals surface area contributed by atoms with Crippen molar-refractivity contribution in [2.75, 3.05) is 4.90 Å². The van der Waals surface area contributed by atoms with Crippen LogP contribution in [-0.2, 0) is 9.59 Å². The Morgan fingerprint density at radius 1 is 0.889 bits per heavy atom. The fourth-order valence-corrected chi connectivity index (χ4v) is 2.02. The average Bonchev–Trinajstić information content (AvgIpc) is 2.63. The Kier molecular flexibility index (Phi) is 2.13. The van der Waals surface area contributed by atoms with E-state index in [0.29, 0.717) is 5.69 Å². The summed E-state index contributed by atoms with van der Waals surface area (Å²) in [6.45, 7) is 0. The van der Waals surface area contributed by atoms with E-state index in [9.17, 15) is 14.4 Å². The van der Waals surface area contributed by atoms with Gasteiger partial charge in [0.25, 0.3) is 0 Å². The van der Waals surface area contributed by atoms with Gasteiger partial charge in [-0.15, -0.1) is 0 Å². The minimum atomic E-state index is -0.895. The number of carbonyl (C=O) groups is 3. The highest BCUT2D eigenvalue weighted by Gasteiger charge is 2.38. The number of nitrogens with one attached hydrogen (secondary N) is 1. The first-order valence-electron chi connectivity index (χ1n) is 5.35. The molecule has 5 heteroatoms. The van der Waals surface area contributed by atoms with Gasteiger partial charge in [-0.25, -0.2) is 9.69 Å². The molecule has 2 aromatic rings. The van der Waals surface area contributed by atoms with Gasteiger partial charge in [0.05, 0.1) is 5.69 Å². The standard InChI is InChI=1S/C13H8N2O3/c16-11-12(17)15(13(18)14-11)10-7-3-5-8-4-1-2-6-9(8)10/h1-7H,(H,14,16,18). The van der Waals surface area contributed by atoms with Crippen molar-refractivity contribution >= 4 is 34.3 Å². The van der Waals surface area contributed by atoms with E-state index >= 15 is 0 Å². The quantitative estimate of drug-likeness (QED) is 0.605. The maximum Gasteiger partial charge on any atom is 0.336 e. The summed E-state index contributed by atoms with van der Waals surface area (Å²) in [4.78, 5) is 35.3. The van der Waals surface area contributed by atoms with E-state index in [0.717, 1.165) is 15.7 Å². The zero-order valence-corrected chi connectivity index (χ0v) is 9.21. The van der Waals surface area contributed by atoms with Gasteiger partial charge in [-0.3, -0.25) is 14.9 Å². The topological polar surface area (TPSA) is 66.5 Å². The Labute approximate surface area is 102 Å². The molecule has 1 aliphatic heterocycles. The van der Waals surface area contributed by atoms with Gasteiger partial charge in [0.1, 0.15) is 0 Å². The Morgan fingerprint density at radius 2 is 1.61 bits per heavy atom. The number of rotatable bonds is 1. The summed E-state index contributed by atoms with van der Waals surface area (Å²) in [6, 6.07) is 11.9. The number of imide groups is 2. The smallest absolute Gasteiger partial charge is 0.269 e. The van der Waals surface area contributed by atoms with E-state index < -0.39 is 17.8 Å². The van der Waals surface area contributed by atoms with Crippen LogP contribution >= 0.6 is 0 Å². The predicted molar refractivity (Wildman–Crippen MR) is 65.0 cm³/mol. The van der Waals surface area contributed by atoms with Crippen LogP contribution in [0.5, 0.6) is 0 Å². The lowest BCUT2D eigenvalue weighted by Crippen LogP contribution is -2.30. The number of urea groups is 1. The molecule has 0 aliphatic carbocycles. The second-order valence-electron chi connectivity index (χ2n) is 3.90. The fraction of sp³-hybridized carbons (Fsp3) is 0. The zero-order valence-electron chi connectivity index (χ0n) is 9.21. The SMILES string of the molecule is O=C1NC(=O)N(c2cccc3ccccc23)C1=O. The van der Waals surface area contributed by atoms with Gasteiger partial charge in [-0.2, -0.15) is 0 Å². The second kappa shape index (κ2) is 3.66. The van der Waals surface area contributed by atoms with Crippen LogP contribution in [0, 0.1) is 0 Å². The predicted octanol–water partition coefficient (Wildman–Crippen LogP) is 1.42. The lowest BCUT2D eigenvalue weighted by molar-refractivity contribution is -0.134. The molecule has 1 heterocycles. The summed E-state index contributed by atoms with van der Waals surface area (Å²) in [5.41, 5.74) is 0.418. The van der Waals surface area contributed by atoms with Crippen molar-refractivity contribution in [2.45, 2.75) is 0 Å². The van der Waals surface area contributed by atoms with Crippen molar-refractivity contribution in [2.24, 2.45) is 0 Å². The number of nitrogens with zero attached hydrogens (tertiary/aromatic N) is 1. The maximum atomic E-state index is 11.7. The van der Waals surface area contributed by atoms with Gasteiger partial charge in [-0.1, -0.05) is 36.4 Å². The number of anilines is 1. The van der Waals surface area contributed by atoms with Crippen LogP contribution < -0.4 is 10.2 Å². The number of carbonyl (C=O) groups excluding carboxylic acids is 3. The Balaban J connectivity index is 2.24. The third kappa shape index (κ3) is 1.37. The number of hydrogen-bond acceptors (Lipinski definition) is 3. The minimum Gasteiger partial charge on any atom is -0.269 e. The highest BCUT2D eigenvalue weighted by molar-refractivity contribution is 6.53. The number of fused-ring (bicyclic) bond motifs is 1. The summed E-state index contributed by atoms with van der Waals surface area (Å²) < 4.78 is 0. The van der Waals surface area contributed by atoms with Crippen molar-refractivity contribution in [3.8, 4) is 0 Å². The Hall–Kier alpha value is -2.69. The highest BCUT2D eigenvalue weighted by Crippen LogP contribution is 2.28. The third-order valence-corrected chi connectivity index (χ3v) is 2.83. The molecule has 0 radical (unpaired) electrons. The first-order valence-corrected chi connectivity index (χ1v) is 5.35. The third-order valence-electron chi connectivity index (χ3n) is 2.83. The molecule has 88 valence electrons. The molecule has 0 unspecified atom stereocenters. The summed E-state index contributed by atoms with van der Waals surface area (Å²) >= 11 is 0. The number of benzene rings is 2.